The lowest BCUT2D eigenvalue weighted by Crippen LogP contribution is -2.13. The number of alkyl halides is 2. The molecule has 108 valence electrons. The van der Waals surface area contributed by atoms with Crippen molar-refractivity contribution in [3.63, 3.8) is 0 Å². The number of aromatic nitrogens is 3. The zero-order chi connectivity index (χ0) is 14.4. The molecule has 0 saturated heterocycles. The van der Waals surface area contributed by atoms with Crippen LogP contribution in [0.15, 0.2) is 30.5 Å². The third kappa shape index (κ3) is 3.74. The van der Waals surface area contributed by atoms with Gasteiger partial charge >= 0.3 is 6.61 Å². The van der Waals surface area contributed by atoms with Gasteiger partial charge in [-0.15, -0.1) is 5.10 Å². The Balaban J connectivity index is 2.15. The van der Waals surface area contributed by atoms with Crippen LogP contribution in [0.1, 0.15) is 19.0 Å². The number of nitrogens with one attached hydrogen (secondary N) is 1. The van der Waals surface area contributed by atoms with E-state index in [1.54, 1.807) is 24.4 Å². The van der Waals surface area contributed by atoms with Crippen LogP contribution >= 0.6 is 0 Å². The fourth-order valence-corrected chi connectivity index (χ4v) is 1.73. The average molecular weight is 282 g/mol. The van der Waals surface area contributed by atoms with Crippen LogP contribution in [0.3, 0.4) is 0 Å². The van der Waals surface area contributed by atoms with Gasteiger partial charge in [-0.1, -0.05) is 24.3 Å². The Bertz CT molecular complexity index is 545. The lowest BCUT2D eigenvalue weighted by molar-refractivity contribution is -0.0499. The van der Waals surface area contributed by atoms with E-state index in [9.17, 15) is 8.78 Å². The molecular weight excluding hydrogens is 266 g/mol. The topological polar surface area (TPSA) is 52.0 Å². The third-order valence-corrected chi connectivity index (χ3v) is 2.60. The number of rotatable bonds is 7. The molecular formula is C13H16F2N4O. The molecule has 0 saturated carbocycles. The van der Waals surface area contributed by atoms with E-state index in [0.29, 0.717) is 12.2 Å². The Morgan fingerprint density at radius 3 is 2.90 bits per heavy atom. The van der Waals surface area contributed by atoms with Crippen LogP contribution in [0, 0.1) is 0 Å². The maximum absolute atomic E-state index is 12.3. The number of hydrogen-bond donors (Lipinski definition) is 1. The quantitative estimate of drug-likeness (QED) is 0.792. The van der Waals surface area contributed by atoms with Crippen LogP contribution in [-0.4, -0.2) is 28.2 Å². The first-order valence-corrected chi connectivity index (χ1v) is 6.37. The Labute approximate surface area is 115 Å². The lowest BCUT2D eigenvalue weighted by atomic mass is 10.3. The Morgan fingerprint density at radius 2 is 2.15 bits per heavy atom. The molecule has 1 aromatic heterocycles. The zero-order valence-corrected chi connectivity index (χ0v) is 11.1. The van der Waals surface area contributed by atoms with Gasteiger partial charge in [0.05, 0.1) is 11.9 Å². The monoisotopic (exact) mass is 282 g/mol. The molecule has 0 aliphatic carbocycles. The summed E-state index contributed by atoms with van der Waals surface area (Å²) in [6.07, 6.45) is 2.72. The van der Waals surface area contributed by atoms with Crippen molar-refractivity contribution >= 4 is 0 Å². The summed E-state index contributed by atoms with van der Waals surface area (Å²) in [6.45, 7) is 0.677. The molecule has 0 fully saturated rings. The second-order valence-corrected chi connectivity index (χ2v) is 4.18. The van der Waals surface area contributed by atoms with E-state index in [-0.39, 0.29) is 5.75 Å². The van der Waals surface area contributed by atoms with Crippen LogP contribution in [0.2, 0.25) is 0 Å². The number of ether oxygens (including phenoxy) is 1. The molecule has 1 aromatic carbocycles. The maximum Gasteiger partial charge on any atom is 0.387 e. The van der Waals surface area contributed by atoms with Crippen LogP contribution in [0.4, 0.5) is 8.78 Å². The zero-order valence-electron chi connectivity index (χ0n) is 11.1. The minimum Gasteiger partial charge on any atom is -0.433 e. The molecule has 0 atom stereocenters. The summed E-state index contributed by atoms with van der Waals surface area (Å²) in [5.41, 5.74) is 1.17. The molecule has 2 rings (SSSR count). The number of para-hydroxylation sites is 2. The van der Waals surface area contributed by atoms with Gasteiger partial charge in [-0.3, -0.25) is 0 Å². The van der Waals surface area contributed by atoms with Gasteiger partial charge < -0.3 is 10.1 Å². The molecule has 0 unspecified atom stereocenters. The molecule has 1 N–H and O–H groups in total. The van der Waals surface area contributed by atoms with Crippen molar-refractivity contribution in [3.8, 4) is 11.4 Å². The SMILES string of the molecule is CCCNCc1cn(-c2ccccc2OC(F)F)nn1. The van der Waals surface area contributed by atoms with Crippen molar-refractivity contribution in [1.29, 1.82) is 0 Å². The number of benzene rings is 1. The fraction of sp³-hybridized carbons (Fsp3) is 0.385. The molecule has 5 nitrogen and oxygen atoms in total. The largest absolute Gasteiger partial charge is 0.433 e. The highest BCUT2D eigenvalue weighted by Gasteiger charge is 2.12. The highest BCUT2D eigenvalue weighted by molar-refractivity contribution is 5.45. The summed E-state index contributed by atoms with van der Waals surface area (Å²) in [6, 6.07) is 6.47. The first kappa shape index (κ1) is 14.4. The molecule has 2 aromatic rings. The molecule has 0 bridgehead atoms. The highest BCUT2D eigenvalue weighted by atomic mass is 19.3. The molecule has 0 spiro atoms. The number of hydrogen-bond acceptors (Lipinski definition) is 4. The third-order valence-electron chi connectivity index (χ3n) is 2.60. The molecule has 7 heteroatoms. The molecule has 0 amide bonds. The van der Waals surface area contributed by atoms with Gasteiger partial charge in [0.25, 0.3) is 0 Å². The maximum atomic E-state index is 12.3. The van der Waals surface area contributed by atoms with Crippen LogP contribution in [0.25, 0.3) is 5.69 Å². The van der Waals surface area contributed by atoms with Gasteiger partial charge in [-0.2, -0.15) is 8.78 Å². The minimum atomic E-state index is -2.87. The predicted octanol–water partition coefficient (Wildman–Crippen LogP) is 2.37. The minimum absolute atomic E-state index is 0.0699. The van der Waals surface area contributed by atoms with Crippen molar-refractivity contribution in [2.24, 2.45) is 0 Å². The van der Waals surface area contributed by atoms with Gasteiger partial charge in [0, 0.05) is 6.54 Å². The van der Waals surface area contributed by atoms with E-state index in [4.69, 9.17) is 0 Å². The van der Waals surface area contributed by atoms with E-state index < -0.39 is 6.61 Å². The second kappa shape index (κ2) is 6.95. The van der Waals surface area contributed by atoms with E-state index in [1.165, 1.54) is 10.7 Å². The van der Waals surface area contributed by atoms with Crippen molar-refractivity contribution < 1.29 is 13.5 Å². The van der Waals surface area contributed by atoms with Gasteiger partial charge in [0.2, 0.25) is 0 Å². The second-order valence-electron chi connectivity index (χ2n) is 4.18. The molecule has 0 radical (unpaired) electrons. The molecule has 0 aliphatic rings. The normalized spacial score (nSPS) is 11.0. The summed E-state index contributed by atoms with van der Waals surface area (Å²) in [4.78, 5) is 0. The molecule has 20 heavy (non-hydrogen) atoms. The first-order valence-electron chi connectivity index (χ1n) is 6.37. The Morgan fingerprint density at radius 1 is 1.35 bits per heavy atom. The summed E-state index contributed by atoms with van der Waals surface area (Å²) in [7, 11) is 0. The van der Waals surface area contributed by atoms with E-state index in [2.05, 4.69) is 27.3 Å². The fourth-order valence-electron chi connectivity index (χ4n) is 1.73. The van der Waals surface area contributed by atoms with Crippen LogP contribution in [-0.2, 0) is 6.54 Å². The van der Waals surface area contributed by atoms with E-state index in [0.717, 1.165) is 18.7 Å². The summed E-state index contributed by atoms with van der Waals surface area (Å²) >= 11 is 0. The number of halogens is 2. The first-order chi connectivity index (χ1) is 9.70. The lowest BCUT2D eigenvalue weighted by Gasteiger charge is -2.09. The predicted molar refractivity (Wildman–Crippen MR) is 70.0 cm³/mol. The Hall–Kier alpha value is -2.02. The summed E-state index contributed by atoms with van der Waals surface area (Å²) < 4.78 is 30.6. The average Bonchev–Trinajstić information content (AvgIpc) is 2.88. The van der Waals surface area contributed by atoms with Crippen molar-refractivity contribution in [2.75, 3.05) is 6.54 Å². The van der Waals surface area contributed by atoms with Gasteiger partial charge in [-0.05, 0) is 25.1 Å². The molecule has 0 aliphatic heterocycles. The van der Waals surface area contributed by atoms with Gasteiger partial charge in [0.1, 0.15) is 5.69 Å². The highest BCUT2D eigenvalue weighted by Crippen LogP contribution is 2.23. The van der Waals surface area contributed by atoms with Crippen molar-refractivity contribution in [1.82, 2.24) is 20.3 Å². The standard InChI is InChI=1S/C13H16F2N4O/c1-2-7-16-8-10-9-19(18-17-10)11-5-3-4-6-12(11)20-13(14)15/h3-6,9,13,16H,2,7-8H2,1H3. The van der Waals surface area contributed by atoms with Crippen molar-refractivity contribution in [3.05, 3.63) is 36.2 Å². The van der Waals surface area contributed by atoms with Crippen LogP contribution in [0.5, 0.6) is 5.75 Å². The van der Waals surface area contributed by atoms with Gasteiger partial charge in [-0.25, -0.2) is 4.68 Å². The molecule has 1 heterocycles. The number of nitrogens with zero attached hydrogens (tertiary/aromatic N) is 3. The van der Waals surface area contributed by atoms with E-state index in [1.807, 2.05) is 0 Å². The Kier molecular flexibility index (Phi) is 5.00. The summed E-state index contributed by atoms with van der Waals surface area (Å²) in [5, 5.41) is 11.1. The van der Waals surface area contributed by atoms with Crippen LogP contribution < -0.4 is 10.1 Å². The van der Waals surface area contributed by atoms with Crippen molar-refractivity contribution in [2.45, 2.75) is 26.5 Å². The van der Waals surface area contributed by atoms with E-state index >= 15 is 0 Å². The summed E-state index contributed by atoms with van der Waals surface area (Å²) in [5.74, 6) is 0.0699. The smallest absolute Gasteiger partial charge is 0.387 e. The van der Waals surface area contributed by atoms with Gasteiger partial charge in [0.15, 0.2) is 5.75 Å².